The Balaban J connectivity index is 1.90. The van der Waals surface area contributed by atoms with Gasteiger partial charge in [-0.25, -0.2) is 0 Å². The predicted molar refractivity (Wildman–Crippen MR) is 85.2 cm³/mol. The average Bonchev–Trinajstić information content (AvgIpc) is 2.50. The minimum absolute atomic E-state index is 1.13. The van der Waals surface area contributed by atoms with E-state index < -0.39 is 0 Å². The normalized spacial score (nSPS) is 14.2. The molecule has 0 heterocycles. The van der Waals surface area contributed by atoms with Gasteiger partial charge < -0.3 is 0 Å². The van der Waals surface area contributed by atoms with Crippen molar-refractivity contribution in [3.8, 4) is 0 Å². The van der Waals surface area contributed by atoms with Gasteiger partial charge in [0.15, 0.2) is 0 Å². The zero-order valence-electron chi connectivity index (χ0n) is 11.6. The monoisotopic (exact) mass is 258 g/mol. The highest BCUT2D eigenvalue weighted by Gasteiger charge is 2.08. The Morgan fingerprint density at radius 3 is 1.35 bits per heavy atom. The Kier molecular flexibility index (Phi) is 2.81. The van der Waals surface area contributed by atoms with Gasteiger partial charge in [-0.05, 0) is 58.7 Å². The van der Waals surface area contributed by atoms with Crippen LogP contribution in [-0.4, -0.2) is 0 Å². The topological polar surface area (TPSA) is 0 Å². The molecule has 98 valence electrons. The van der Waals surface area contributed by atoms with Crippen LogP contribution >= 0.6 is 0 Å². The molecule has 0 spiro atoms. The highest BCUT2D eigenvalue weighted by atomic mass is 14.1. The molecule has 0 saturated carbocycles. The first-order valence-electron chi connectivity index (χ1n) is 7.47. The third-order valence-electron chi connectivity index (χ3n) is 4.49. The smallest absolute Gasteiger partial charge is 0.0149 e. The molecule has 0 saturated heterocycles. The van der Waals surface area contributed by atoms with Crippen molar-refractivity contribution in [2.45, 2.75) is 25.7 Å². The summed E-state index contributed by atoms with van der Waals surface area (Å²) in [5, 5.41) is 2.89. The summed E-state index contributed by atoms with van der Waals surface area (Å²) in [6.45, 7) is 0. The van der Waals surface area contributed by atoms with E-state index in [2.05, 4.69) is 60.7 Å². The Bertz CT molecular complexity index is 685. The molecule has 0 unspecified atom stereocenters. The van der Waals surface area contributed by atoms with E-state index in [1.54, 1.807) is 0 Å². The fourth-order valence-electron chi connectivity index (χ4n) is 3.29. The van der Waals surface area contributed by atoms with Crippen molar-refractivity contribution in [3.05, 3.63) is 82.9 Å². The molecule has 0 heteroatoms. The second-order valence-corrected chi connectivity index (χ2v) is 5.75. The van der Waals surface area contributed by atoms with Crippen LogP contribution in [0.15, 0.2) is 60.7 Å². The maximum absolute atomic E-state index is 2.34. The van der Waals surface area contributed by atoms with Crippen LogP contribution in [0.3, 0.4) is 0 Å². The lowest BCUT2D eigenvalue weighted by molar-refractivity contribution is 0.934. The Morgan fingerprint density at radius 2 is 0.900 bits per heavy atom. The fourth-order valence-corrected chi connectivity index (χ4v) is 3.29. The van der Waals surface area contributed by atoms with Crippen LogP contribution in [0.4, 0.5) is 0 Å². The first-order valence-corrected chi connectivity index (χ1v) is 7.47. The Labute approximate surface area is 120 Å². The summed E-state index contributed by atoms with van der Waals surface area (Å²) >= 11 is 0. The lowest BCUT2D eigenvalue weighted by atomic mass is 9.91. The lowest BCUT2D eigenvalue weighted by Crippen LogP contribution is -1.99. The maximum atomic E-state index is 2.34. The van der Waals surface area contributed by atoms with Crippen molar-refractivity contribution in [3.63, 3.8) is 0 Å². The van der Waals surface area contributed by atoms with E-state index in [1.807, 2.05) is 0 Å². The molecule has 7 rings (SSSR count). The average molecular weight is 258 g/mol. The van der Waals surface area contributed by atoms with Gasteiger partial charge in [-0.3, -0.25) is 0 Å². The quantitative estimate of drug-likeness (QED) is 0.547. The molecule has 3 aromatic carbocycles. The summed E-state index contributed by atoms with van der Waals surface area (Å²) < 4.78 is 0. The summed E-state index contributed by atoms with van der Waals surface area (Å²) in [5.74, 6) is 0. The van der Waals surface area contributed by atoms with E-state index in [9.17, 15) is 0 Å². The van der Waals surface area contributed by atoms with E-state index in [0.29, 0.717) is 0 Å². The van der Waals surface area contributed by atoms with E-state index in [-0.39, 0.29) is 0 Å². The lowest BCUT2D eigenvalue weighted by Gasteiger charge is -2.14. The molecule has 3 aromatic rings. The van der Waals surface area contributed by atoms with Gasteiger partial charge in [0, 0.05) is 0 Å². The molecule has 0 radical (unpaired) electrons. The molecule has 20 heavy (non-hydrogen) atoms. The molecule has 0 fully saturated rings. The number of hydrogen-bond acceptors (Lipinski definition) is 0. The molecule has 0 aromatic heterocycles. The van der Waals surface area contributed by atoms with E-state index in [0.717, 1.165) is 25.7 Å². The highest BCUT2D eigenvalue weighted by molar-refractivity contribution is 5.88. The number of aryl methyl sites for hydroxylation is 4. The first kappa shape index (κ1) is 11.7. The Hall–Kier alpha value is -2.08. The van der Waals surface area contributed by atoms with Gasteiger partial charge in [0.2, 0.25) is 0 Å². The van der Waals surface area contributed by atoms with E-state index in [4.69, 9.17) is 0 Å². The SMILES string of the molecule is c1ccc2c3ccc(c2c1)CCc1ccc(cc1)CC3. The third-order valence-corrected chi connectivity index (χ3v) is 4.49. The zero-order valence-corrected chi connectivity index (χ0v) is 11.6. The Morgan fingerprint density at radius 1 is 0.450 bits per heavy atom. The standard InChI is InChI=1S/C20H18/c1-2-4-20-18-12-10-16-7-5-15(6-8-16)9-11-17(13-14-18)19(20)3-1/h1-8,13-14H,9-12H2. The molecule has 0 amide bonds. The van der Waals surface area contributed by atoms with Gasteiger partial charge in [-0.15, -0.1) is 0 Å². The number of hydrogen-bond donors (Lipinski definition) is 0. The van der Waals surface area contributed by atoms with Crippen LogP contribution in [0.25, 0.3) is 10.8 Å². The molecular formula is C20H18. The third kappa shape index (κ3) is 2.02. The van der Waals surface area contributed by atoms with Gasteiger partial charge >= 0.3 is 0 Å². The predicted octanol–water partition coefficient (Wildman–Crippen LogP) is 4.72. The molecule has 0 aliphatic heterocycles. The van der Waals surface area contributed by atoms with Crippen molar-refractivity contribution in [2.75, 3.05) is 0 Å². The first-order chi connectivity index (χ1) is 9.90. The maximum Gasteiger partial charge on any atom is -0.0149 e. The van der Waals surface area contributed by atoms with E-state index in [1.165, 1.54) is 33.0 Å². The van der Waals surface area contributed by atoms with Crippen LogP contribution in [0.2, 0.25) is 0 Å². The van der Waals surface area contributed by atoms with Crippen LogP contribution in [0, 0.1) is 0 Å². The van der Waals surface area contributed by atoms with E-state index >= 15 is 0 Å². The minimum atomic E-state index is 1.13. The highest BCUT2D eigenvalue weighted by Crippen LogP contribution is 2.26. The zero-order chi connectivity index (χ0) is 13.4. The van der Waals surface area contributed by atoms with Crippen molar-refractivity contribution < 1.29 is 0 Å². The van der Waals surface area contributed by atoms with Gasteiger partial charge in [0.1, 0.15) is 0 Å². The molecule has 0 atom stereocenters. The molecular weight excluding hydrogens is 240 g/mol. The van der Waals surface area contributed by atoms with Crippen LogP contribution in [0.1, 0.15) is 22.3 Å². The second-order valence-electron chi connectivity index (χ2n) is 5.75. The van der Waals surface area contributed by atoms with Gasteiger partial charge in [0.25, 0.3) is 0 Å². The molecule has 0 N–H and O–H groups in total. The van der Waals surface area contributed by atoms with Crippen LogP contribution < -0.4 is 0 Å². The summed E-state index contributed by atoms with van der Waals surface area (Å²) in [7, 11) is 0. The van der Waals surface area contributed by atoms with Crippen LogP contribution in [0.5, 0.6) is 0 Å². The fraction of sp³-hybridized carbons (Fsp3) is 0.200. The van der Waals surface area contributed by atoms with Gasteiger partial charge in [-0.2, -0.15) is 0 Å². The van der Waals surface area contributed by atoms with Gasteiger partial charge in [-0.1, -0.05) is 60.7 Å². The van der Waals surface area contributed by atoms with Gasteiger partial charge in [0.05, 0.1) is 0 Å². The molecule has 0 nitrogen and oxygen atoms in total. The van der Waals surface area contributed by atoms with Crippen molar-refractivity contribution >= 4 is 10.8 Å². The number of benzene rings is 3. The minimum Gasteiger partial charge on any atom is -0.0616 e. The van der Waals surface area contributed by atoms with Crippen molar-refractivity contribution in [1.82, 2.24) is 0 Å². The molecule has 4 aliphatic rings. The van der Waals surface area contributed by atoms with Crippen molar-refractivity contribution in [1.29, 1.82) is 0 Å². The summed E-state index contributed by atoms with van der Waals surface area (Å²) in [4.78, 5) is 0. The molecule has 4 aliphatic carbocycles. The largest absolute Gasteiger partial charge is 0.0616 e. The summed E-state index contributed by atoms with van der Waals surface area (Å²) in [5.41, 5.74) is 5.85. The number of rotatable bonds is 0. The van der Waals surface area contributed by atoms with Crippen molar-refractivity contribution in [2.24, 2.45) is 0 Å². The molecule has 4 bridgehead atoms. The second kappa shape index (κ2) is 4.79. The summed E-state index contributed by atoms with van der Waals surface area (Å²) in [6, 6.07) is 22.7. The van der Waals surface area contributed by atoms with Crippen LogP contribution in [-0.2, 0) is 25.7 Å². The summed E-state index contributed by atoms with van der Waals surface area (Å²) in [6.07, 6.45) is 4.51.